The van der Waals surface area contributed by atoms with Crippen LogP contribution < -0.4 is 10.6 Å². The molecule has 2 aromatic carbocycles. The molecule has 0 aromatic heterocycles. The molecule has 19 heavy (non-hydrogen) atoms. The van der Waals surface area contributed by atoms with E-state index in [1.54, 1.807) is 0 Å². The zero-order valence-corrected chi connectivity index (χ0v) is 11.3. The fourth-order valence-corrected chi connectivity index (χ4v) is 3.07. The van der Waals surface area contributed by atoms with E-state index in [1.807, 2.05) is 12.1 Å². The van der Waals surface area contributed by atoms with E-state index in [0.717, 1.165) is 18.8 Å². The quantitative estimate of drug-likeness (QED) is 0.828. The van der Waals surface area contributed by atoms with Crippen molar-refractivity contribution in [1.29, 1.82) is 0 Å². The fraction of sp³-hybridized carbons (Fsp3) is 0.294. The Bertz CT molecular complexity index is 542. The molecule has 1 heterocycles. The number of hydrogen-bond donors (Lipinski definition) is 1. The largest absolute Gasteiger partial charge is 0.397 e. The topological polar surface area (TPSA) is 29.3 Å². The zero-order chi connectivity index (χ0) is 13.2. The molecule has 1 aliphatic heterocycles. The van der Waals surface area contributed by atoms with Crippen LogP contribution in [0.5, 0.6) is 0 Å². The Labute approximate surface area is 114 Å². The highest BCUT2D eigenvalue weighted by Crippen LogP contribution is 2.35. The lowest BCUT2D eigenvalue weighted by molar-refractivity contribution is 0.775. The van der Waals surface area contributed by atoms with E-state index in [9.17, 15) is 0 Å². The summed E-state index contributed by atoms with van der Waals surface area (Å²) >= 11 is 0. The van der Waals surface area contributed by atoms with Crippen LogP contribution in [0.2, 0.25) is 0 Å². The monoisotopic (exact) mass is 252 g/mol. The van der Waals surface area contributed by atoms with Crippen molar-refractivity contribution in [3.63, 3.8) is 0 Å². The van der Waals surface area contributed by atoms with Crippen LogP contribution in [0.25, 0.3) is 0 Å². The lowest BCUT2D eigenvalue weighted by atomic mass is 9.99. The normalized spacial score (nSPS) is 18.8. The summed E-state index contributed by atoms with van der Waals surface area (Å²) in [6, 6.07) is 17.0. The van der Waals surface area contributed by atoms with Gasteiger partial charge in [-0.3, -0.25) is 0 Å². The first kappa shape index (κ1) is 12.1. The van der Waals surface area contributed by atoms with Crippen LogP contribution in [0.3, 0.4) is 0 Å². The van der Waals surface area contributed by atoms with Gasteiger partial charge >= 0.3 is 0 Å². The molecule has 2 heteroatoms. The summed E-state index contributed by atoms with van der Waals surface area (Å²) in [4.78, 5) is 2.43. The third-order valence-corrected chi connectivity index (χ3v) is 4.04. The highest BCUT2D eigenvalue weighted by atomic mass is 15.2. The van der Waals surface area contributed by atoms with Gasteiger partial charge in [0.05, 0.1) is 11.4 Å². The lowest BCUT2D eigenvalue weighted by Crippen LogP contribution is -2.21. The average molecular weight is 252 g/mol. The third kappa shape index (κ3) is 2.30. The minimum Gasteiger partial charge on any atom is -0.397 e. The molecule has 1 atom stereocenters. The Morgan fingerprint density at radius 2 is 1.84 bits per heavy atom. The van der Waals surface area contributed by atoms with Gasteiger partial charge < -0.3 is 10.6 Å². The molecule has 0 amide bonds. The van der Waals surface area contributed by atoms with E-state index in [-0.39, 0.29) is 0 Å². The van der Waals surface area contributed by atoms with Crippen LogP contribution in [0.1, 0.15) is 23.5 Å². The van der Waals surface area contributed by atoms with Crippen LogP contribution in [0.15, 0.2) is 48.5 Å². The summed E-state index contributed by atoms with van der Waals surface area (Å²) in [7, 11) is 0. The fourth-order valence-electron chi connectivity index (χ4n) is 3.07. The lowest BCUT2D eigenvalue weighted by Gasteiger charge is -2.23. The van der Waals surface area contributed by atoms with Gasteiger partial charge in [-0.15, -0.1) is 0 Å². The minimum absolute atomic E-state index is 0.625. The summed E-state index contributed by atoms with van der Waals surface area (Å²) in [5, 5.41) is 0. The molecule has 2 aromatic rings. The highest BCUT2D eigenvalue weighted by molar-refractivity contribution is 5.71. The maximum Gasteiger partial charge on any atom is 0.0629 e. The van der Waals surface area contributed by atoms with Gasteiger partial charge in [0, 0.05) is 19.0 Å². The van der Waals surface area contributed by atoms with E-state index in [2.05, 4.69) is 48.2 Å². The van der Waals surface area contributed by atoms with E-state index >= 15 is 0 Å². The predicted molar refractivity (Wildman–Crippen MR) is 81.6 cm³/mol. The molecule has 0 aliphatic carbocycles. The van der Waals surface area contributed by atoms with E-state index in [1.165, 1.54) is 23.2 Å². The van der Waals surface area contributed by atoms with Crippen LogP contribution >= 0.6 is 0 Å². The molecule has 0 bridgehead atoms. The van der Waals surface area contributed by atoms with Gasteiger partial charge in [-0.05, 0) is 30.5 Å². The molecule has 0 saturated carbocycles. The minimum atomic E-state index is 0.625. The average Bonchev–Trinajstić information content (AvgIpc) is 2.89. The number of benzene rings is 2. The Morgan fingerprint density at radius 1 is 1.05 bits per heavy atom. The van der Waals surface area contributed by atoms with Crippen molar-refractivity contribution in [2.75, 3.05) is 23.7 Å². The Morgan fingerprint density at radius 3 is 2.58 bits per heavy atom. The van der Waals surface area contributed by atoms with Crippen molar-refractivity contribution >= 4 is 11.4 Å². The molecular weight excluding hydrogens is 232 g/mol. The summed E-state index contributed by atoms with van der Waals surface area (Å²) in [6.07, 6.45) is 1.21. The van der Waals surface area contributed by atoms with E-state index in [0.29, 0.717) is 5.92 Å². The van der Waals surface area contributed by atoms with E-state index in [4.69, 9.17) is 5.73 Å². The Hall–Kier alpha value is -1.96. The van der Waals surface area contributed by atoms with Gasteiger partial charge in [0.25, 0.3) is 0 Å². The molecule has 0 spiro atoms. The summed E-state index contributed by atoms with van der Waals surface area (Å²) in [5.74, 6) is 0.625. The number of aryl methyl sites for hydroxylation is 1. The molecule has 98 valence electrons. The summed E-state index contributed by atoms with van der Waals surface area (Å²) in [6.45, 7) is 4.30. The Kier molecular flexibility index (Phi) is 3.16. The number of para-hydroxylation sites is 1. The number of anilines is 2. The molecule has 0 radical (unpaired) electrons. The SMILES string of the molecule is Cc1cccc(N)c1N1CCC(c2ccccc2)C1. The number of nitrogen functional groups attached to an aromatic ring is 1. The summed E-state index contributed by atoms with van der Waals surface area (Å²) in [5.41, 5.74) is 11.0. The summed E-state index contributed by atoms with van der Waals surface area (Å²) < 4.78 is 0. The van der Waals surface area contributed by atoms with Gasteiger partial charge in [0.2, 0.25) is 0 Å². The van der Waals surface area contributed by atoms with Crippen LogP contribution in [-0.2, 0) is 0 Å². The first-order valence-corrected chi connectivity index (χ1v) is 6.90. The van der Waals surface area contributed by atoms with E-state index < -0.39 is 0 Å². The molecule has 2 nitrogen and oxygen atoms in total. The van der Waals surface area contributed by atoms with Crippen molar-refractivity contribution in [2.24, 2.45) is 0 Å². The number of nitrogens with zero attached hydrogens (tertiary/aromatic N) is 1. The number of hydrogen-bond acceptors (Lipinski definition) is 2. The first-order chi connectivity index (χ1) is 9.25. The second kappa shape index (κ2) is 4.96. The Balaban J connectivity index is 1.83. The standard InChI is InChI=1S/C17H20N2/c1-13-6-5-9-16(18)17(13)19-11-10-15(12-19)14-7-3-2-4-8-14/h2-9,15H,10-12,18H2,1H3. The molecule has 1 aliphatic rings. The zero-order valence-electron chi connectivity index (χ0n) is 11.3. The van der Waals surface area contributed by atoms with Gasteiger partial charge in [0.15, 0.2) is 0 Å². The molecule has 3 rings (SSSR count). The van der Waals surface area contributed by atoms with Gasteiger partial charge in [0.1, 0.15) is 0 Å². The smallest absolute Gasteiger partial charge is 0.0629 e. The van der Waals surface area contributed by atoms with Crippen LogP contribution in [-0.4, -0.2) is 13.1 Å². The predicted octanol–water partition coefficient (Wildman–Crippen LogP) is 3.57. The molecule has 2 N–H and O–H groups in total. The molecule has 1 fully saturated rings. The first-order valence-electron chi connectivity index (χ1n) is 6.90. The molecule has 1 saturated heterocycles. The second-order valence-corrected chi connectivity index (χ2v) is 5.36. The number of rotatable bonds is 2. The van der Waals surface area contributed by atoms with Crippen LogP contribution in [0.4, 0.5) is 11.4 Å². The third-order valence-electron chi connectivity index (χ3n) is 4.04. The molecule has 1 unspecified atom stereocenters. The molecular formula is C17H20N2. The number of nitrogens with two attached hydrogens (primary N) is 1. The highest BCUT2D eigenvalue weighted by Gasteiger charge is 2.25. The van der Waals surface area contributed by atoms with Gasteiger partial charge in [-0.2, -0.15) is 0 Å². The van der Waals surface area contributed by atoms with Crippen molar-refractivity contribution in [3.8, 4) is 0 Å². The maximum absolute atomic E-state index is 6.14. The van der Waals surface area contributed by atoms with Crippen molar-refractivity contribution < 1.29 is 0 Å². The van der Waals surface area contributed by atoms with Gasteiger partial charge in [-0.1, -0.05) is 42.5 Å². The van der Waals surface area contributed by atoms with Crippen molar-refractivity contribution in [1.82, 2.24) is 0 Å². The van der Waals surface area contributed by atoms with Gasteiger partial charge in [-0.25, -0.2) is 0 Å². The van der Waals surface area contributed by atoms with Crippen molar-refractivity contribution in [2.45, 2.75) is 19.3 Å². The van der Waals surface area contributed by atoms with Crippen molar-refractivity contribution in [3.05, 3.63) is 59.7 Å². The van der Waals surface area contributed by atoms with Crippen LogP contribution in [0, 0.1) is 6.92 Å². The second-order valence-electron chi connectivity index (χ2n) is 5.36. The maximum atomic E-state index is 6.14.